The summed E-state index contributed by atoms with van der Waals surface area (Å²) in [6.07, 6.45) is 9.27. The van der Waals surface area contributed by atoms with Gasteiger partial charge in [-0.2, -0.15) is 10.2 Å². The monoisotopic (exact) mass is 456 g/mol. The zero-order chi connectivity index (χ0) is 23.5. The van der Waals surface area contributed by atoms with Crippen molar-refractivity contribution in [1.29, 1.82) is 0 Å². The summed E-state index contributed by atoms with van der Waals surface area (Å²) in [5, 5.41) is 16.6. The van der Waals surface area contributed by atoms with Crippen LogP contribution in [0.1, 0.15) is 48.0 Å². The Balaban J connectivity index is 1.38. The average Bonchev–Trinajstić information content (AvgIpc) is 3.27. The number of rotatable bonds is 6. The van der Waals surface area contributed by atoms with Gasteiger partial charge in [0.15, 0.2) is 5.82 Å². The average molecular weight is 457 g/mol. The molecule has 0 aliphatic heterocycles. The molecule has 1 aliphatic carbocycles. The highest BCUT2D eigenvalue weighted by Crippen LogP contribution is 2.22. The molecule has 5 rings (SSSR count). The molecule has 174 valence electrons. The Morgan fingerprint density at radius 3 is 2.47 bits per heavy atom. The molecule has 0 saturated heterocycles. The highest BCUT2D eigenvalue weighted by Gasteiger charge is 2.17. The first-order valence-electron chi connectivity index (χ1n) is 11.7. The van der Waals surface area contributed by atoms with Crippen molar-refractivity contribution in [3.05, 3.63) is 82.4 Å². The Morgan fingerprint density at radius 2 is 1.76 bits per heavy atom. The smallest absolute Gasteiger partial charge is 0.275 e. The molecule has 0 radical (unpaired) electrons. The highest BCUT2D eigenvalue weighted by molar-refractivity contribution is 5.94. The second kappa shape index (κ2) is 9.51. The summed E-state index contributed by atoms with van der Waals surface area (Å²) in [5.74, 6) is 0.550. The Labute approximate surface area is 197 Å². The van der Waals surface area contributed by atoms with Crippen molar-refractivity contribution >= 4 is 28.2 Å². The minimum absolute atomic E-state index is 0.0394. The van der Waals surface area contributed by atoms with Gasteiger partial charge in [0.25, 0.3) is 11.5 Å². The molecular weight excluding hydrogens is 428 g/mol. The Kier molecular flexibility index (Phi) is 6.12. The van der Waals surface area contributed by atoms with E-state index in [2.05, 4.69) is 20.8 Å². The van der Waals surface area contributed by atoms with Crippen molar-refractivity contribution < 1.29 is 4.79 Å². The highest BCUT2D eigenvalue weighted by atomic mass is 16.1. The second-order valence-corrected chi connectivity index (χ2v) is 8.89. The molecule has 2 aromatic heterocycles. The quantitative estimate of drug-likeness (QED) is 0.458. The van der Waals surface area contributed by atoms with Gasteiger partial charge in [-0.05, 0) is 36.6 Å². The Morgan fingerprint density at radius 1 is 1.03 bits per heavy atom. The van der Waals surface area contributed by atoms with Crippen LogP contribution < -0.4 is 16.2 Å². The lowest BCUT2D eigenvalue weighted by Gasteiger charge is -2.22. The molecule has 0 bridgehead atoms. The number of carbonyl (C=O) groups excluding carboxylic acids is 1. The number of nitrogens with one attached hydrogen (secondary N) is 2. The summed E-state index contributed by atoms with van der Waals surface area (Å²) in [7, 11) is 1.84. The van der Waals surface area contributed by atoms with Crippen molar-refractivity contribution in [3.63, 3.8) is 0 Å². The van der Waals surface area contributed by atoms with Crippen molar-refractivity contribution in [2.75, 3.05) is 5.32 Å². The maximum absolute atomic E-state index is 13.1. The van der Waals surface area contributed by atoms with Gasteiger partial charge < -0.3 is 10.6 Å². The van der Waals surface area contributed by atoms with Crippen LogP contribution in [0.2, 0.25) is 0 Å². The van der Waals surface area contributed by atoms with Gasteiger partial charge >= 0.3 is 0 Å². The lowest BCUT2D eigenvalue weighted by molar-refractivity contribution is 0.0927. The zero-order valence-corrected chi connectivity index (χ0v) is 19.2. The fraction of sp³-hybridized carbons (Fsp3) is 0.308. The Bertz CT molecular complexity index is 1370. The van der Waals surface area contributed by atoms with Gasteiger partial charge in [0.2, 0.25) is 0 Å². The van der Waals surface area contributed by atoms with Crippen molar-refractivity contribution in [1.82, 2.24) is 24.9 Å². The maximum atomic E-state index is 13.1. The van der Waals surface area contributed by atoms with E-state index >= 15 is 0 Å². The molecule has 34 heavy (non-hydrogen) atoms. The molecule has 1 saturated carbocycles. The molecule has 1 aliphatic rings. The standard InChI is InChI=1S/C26H28N6O2/c1-31-17-21(15-27-31)28-24-22-9-5-6-10-23(22)26(34)32(30-24)16-18-11-13-19(14-12-18)25(33)29-20-7-3-2-4-8-20/h5-6,9-15,17,20H,2-4,7-8,16H2,1H3,(H,28,30)(H,29,33). The van der Waals surface area contributed by atoms with Gasteiger partial charge in [0, 0.05) is 30.2 Å². The minimum atomic E-state index is -0.161. The zero-order valence-electron chi connectivity index (χ0n) is 19.2. The summed E-state index contributed by atoms with van der Waals surface area (Å²) in [5.41, 5.74) is 2.16. The molecule has 2 N–H and O–H groups in total. The predicted molar refractivity (Wildman–Crippen MR) is 132 cm³/mol. The van der Waals surface area contributed by atoms with Gasteiger partial charge in [-0.15, -0.1) is 0 Å². The number of hydrogen-bond donors (Lipinski definition) is 2. The SMILES string of the molecule is Cn1cc(Nc2nn(Cc3ccc(C(=O)NC4CCCCC4)cc3)c(=O)c3ccccc23)cn1. The number of fused-ring (bicyclic) bond motifs is 1. The van der Waals surface area contributed by atoms with Crippen LogP contribution >= 0.6 is 0 Å². The maximum Gasteiger partial charge on any atom is 0.275 e. The van der Waals surface area contributed by atoms with Gasteiger partial charge in [-0.3, -0.25) is 14.3 Å². The molecule has 2 heterocycles. The molecular formula is C26H28N6O2. The third-order valence-electron chi connectivity index (χ3n) is 6.32. The van der Waals surface area contributed by atoms with Gasteiger partial charge in [0.1, 0.15) is 0 Å². The molecule has 0 atom stereocenters. The molecule has 0 spiro atoms. The normalized spacial score (nSPS) is 14.3. The summed E-state index contributed by atoms with van der Waals surface area (Å²) in [6.45, 7) is 0.301. The fourth-order valence-corrected chi connectivity index (χ4v) is 4.51. The van der Waals surface area contributed by atoms with E-state index in [0.717, 1.165) is 29.5 Å². The number of nitrogens with zero attached hydrogens (tertiary/aromatic N) is 4. The largest absolute Gasteiger partial charge is 0.349 e. The summed E-state index contributed by atoms with van der Waals surface area (Å²) >= 11 is 0. The molecule has 1 fully saturated rings. The van der Waals surface area contributed by atoms with Crippen LogP contribution in [0, 0.1) is 0 Å². The molecule has 8 nitrogen and oxygen atoms in total. The van der Waals surface area contributed by atoms with Crippen LogP contribution in [0.5, 0.6) is 0 Å². The number of aryl methyl sites for hydroxylation is 1. The van der Waals surface area contributed by atoms with E-state index in [-0.39, 0.29) is 17.5 Å². The number of hydrogen-bond acceptors (Lipinski definition) is 5. The molecule has 8 heteroatoms. The Hall–Kier alpha value is -3.94. The molecule has 1 amide bonds. The lowest BCUT2D eigenvalue weighted by atomic mass is 9.95. The summed E-state index contributed by atoms with van der Waals surface area (Å²) in [6, 6.07) is 15.1. The van der Waals surface area contributed by atoms with Gasteiger partial charge in [-0.1, -0.05) is 49.6 Å². The first-order valence-corrected chi connectivity index (χ1v) is 11.7. The van der Waals surface area contributed by atoms with E-state index in [1.165, 1.54) is 23.9 Å². The molecule has 0 unspecified atom stereocenters. The van der Waals surface area contributed by atoms with Crippen LogP contribution in [-0.2, 0) is 13.6 Å². The van der Waals surface area contributed by atoms with E-state index in [9.17, 15) is 9.59 Å². The van der Waals surface area contributed by atoms with Crippen LogP contribution in [0.15, 0.2) is 65.7 Å². The van der Waals surface area contributed by atoms with Crippen LogP contribution in [0.4, 0.5) is 11.5 Å². The van der Waals surface area contributed by atoms with Gasteiger partial charge in [0.05, 0.1) is 23.8 Å². The van der Waals surface area contributed by atoms with E-state index in [0.29, 0.717) is 23.3 Å². The van der Waals surface area contributed by atoms with Crippen LogP contribution in [-0.4, -0.2) is 31.5 Å². The van der Waals surface area contributed by atoms with Crippen molar-refractivity contribution in [2.24, 2.45) is 7.05 Å². The fourth-order valence-electron chi connectivity index (χ4n) is 4.51. The number of anilines is 2. The number of carbonyl (C=O) groups is 1. The third kappa shape index (κ3) is 4.71. The van der Waals surface area contributed by atoms with Crippen LogP contribution in [0.25, 0.3) is 10.8 Å². The van der Waals surface area contributed by atoms with Gasteiger partial charge in [-0.25, -0.2) is 4.68 Å². The lowest BCUT2D eigenvalue weighted by Crippen LogP contribution is -2.36. The third-order valence-corrected chi connectivity index (χ3v) is 6.32. The van der Waals surface area contributed by atoms with Crippen molar-refractivity contribution in [3.8, 4) is 0 Å². The summed E-state index contributed by atoms with van der Waals surface area (Å²) < 4.78 is 3.16. The molecule has 4 aromatic rings. The van der Waals surface area contributed by atoms with E-state index in [1.54, 1.807) is 10.9 Å². The van der Waals surface area contributed by atoms with Crippen LogP contribution in [0.3, 0.4) is 0 Å². The van der Waals surface area contributed by atoms with E-state index in [4.69, 9.17) is 0 Å². The predicted octanol–water partition coefficient (Wildman–Crippen LogP) is 3.98. The first-order chi connectivity index (χ1) is 16.6. The minimum Gasteiger partial charge on any atom is -0.349 e. The number of amides is 1. The topological polar surface area (TPSA) is 93.8 Å². The second-order valence-electron chi connectivity index (χ2n) is 8.89. The molecule has 2 aromatic carbocycles. The summed E-state index contributed by atoms with van der Waals surface area (Å²) in [4.78, 5) is 25.7. The van der Waals surface area contributed by atoms with E-state index in [1.807, 2.05) is 61.8 Å². The van der Waals surface area contributed by atoms with E-state index < -0.39 is 0 Å². The number of benzene rings is 2. The first kappa shape index (κ1) is 21.9. The number of aromatic nitrogens is 4. The van der Waals surface area contributed by atoms with Crippen molar-refractivity contribution in [2.45, 2.75) is 44.7 Å².